The van der Waals surface area contributed by atoms with E-state index in [0.717, 1.165) is 18.7 Å². The summed E-state index contributed by atoms with van der Waals surface area (Å²) >= 11 is 0. The molecule has 0 aromatic heterocycles. The van der Waals surface area contributed by atoms with Crippen LogP contribution in [-0.4, -0.2) is 37.5 Å². The molecule has 0 bridgehead atoms. The van der Waals surface area contributed by atoms with Crippen LogP contribution in [0.1, 0.15) is 22.8 Å². The number of nitrogens with zero attached hydrogens (tertiary/aromatic N) is 1. The van der Waals surface area contributed by atoms with Gasteiger partial charge in [0.25, 0.3) is 5.91 Å². The largest absolute Gasteiger partial charge is 0.399 e. The molecule has 4 heteroatoms. The van der Waals surface area contributed by atoms with Gasteiger partial charge in [0, 0.05) is 24.3 Å². The first kappa shape index (κ1) is 13.5. The number of nitrogens with one attached hydrogen (secondary N) is 1. The number of rotatable bonds is 5. The van der Waals surface area contributed by atoms with E-state index >= 15 is 0 Å². The number of nitrogens with two attached hydrogens (primary N) is 1. The number of likely N-dealkylation sites (N-methyl/N-ethyl adjacent to an activating group) is 1. The number of nitrogen functional groups attached to an aromatic ring is 1. The molecule has 17 heavy (non-hydrogen) atoms. The molecule has 0 heterocycles. The van der Waals surface area contributed by atoms with Crippen molar-refractivity contribution in [2.45, 2.75) is 13.8 Å². The molecule has 0 aliphatic rings. The second-order valence-corrected chi connectivity index (χ2v) is 4.22. The van der Waals surface area contributed by atoms with Gasteiger partial charge in [-0.2, -0.15) is 0 Å². The number of amides is 1. The first-order valence-corrected chi connectivity index (χ1v) is 5.87. The maximum absolute atomic E-state index is 11.8. The van der Waals surface area contributed by atoms with Gasteiger partial charge < -0.3 is 16.0 Å². The Bertz CT molecular complexity index is 390. The van der Waals surface area contributed by atoms with E-state index in [-0.39, 0.29) is 5.91 Å². The lowest BCUT2D eigenvalue weighted by molar-refractivity contribution is 0.0950. The zero-order valence-corrected chi connectivity index (χ0v) is 10.8. The third kappa shape index (κ3) is 4.07. The van der Waals surface area contributed by atoms with Crippen molar-refractivity contribution < 1.29 is 4.79 Å². The van der Waals surface area contributed by atoms with Crippen LogP contribution in [-0.2, 0) is 0 Å². The molecule has 1 aromatic carbocycles. The fourth-order valence-electron chi connectivity index (χ4n) is 1.44. The number of anilines is 1. The van der Waals surface area contributed by atoms with Crippen LogP contribution >= 0.6 is 0 Å². The van der Waals surface area contributed by atoms with E-state index in [1.807, 2.05) is 20.0 Å². The maximum atomic E-state index is 11.8. The van der Waals surface area contributed by atoms with Gasteiger partial charge in [0.05, 0.1) is 0 Å². The van der Waals surface area contributed by atoms with Gasteiger partial charge in [0.15, 0.2) is 0 Å². The van der Waals surface area contributed by atoms with Gasteiger partial charge in [-0.15, -0.1) is 0 Å². The van der Waals surface area contributed by atoms with Gasteiger partial charge in [-0.25, -0.2) is 0 Å². The van der Waals surface area contributed by atoms with Crippen LogP contribution in [0.15, 0.2) is 18.2 Å². The lowest BCUT2D eigenvalue weighted by Crippen LogP contribution is -2.32. The van der Waals surface area contributed by atoms with E-state index < -0.39 is 0 Å². The van der Waals surface area contributed by atoms with E-state index in [2.05, 4.69) is 17.1 Å². The second-order valence-electron chi connectivity index (χ2n) is 4.22. The third-order valence-electron chi connectivity index (χ3n) is 2.85. The van der Waals surface area contributed by atoms with Crippen LogP contribution in [0, 0.1) is 6.92 Å². The second kappa shape index (κ2) is 6.25. The monoisotopic (exact) mass is 235 g/mol. The Balaban J connectivity index is 2.50. The lowest BCUT2D eigenvalue weighted by Gasteiger charge is -2.14. The fourth-order valence-corrected chi connectivity index (χ4v) is 1.44. The summed E-state index contributed by atoms with van der Waals surface area (Å²) in [4.78, 5) is 14.0. The molecule has 94 valence electrons. The summed E-state index contributed by atoms with van der Waals surface area (Å²) in [7, 11) is 2.03. The highest BCUT2D eigenvalue weighted by Crippen LogP contribution is 2.12. The maximum Gasteiger partial charge on any atom is 0.251 e. The minimum absolute atomic E-state index is 0.0439. The summed E-state index contributed by atoms with van der Waals surface area (Å²) < 4.78 is 0. The standard InChI is InChI=1S/C13H21N3O/c1-4-16(3)8-7-15-13(17)11-5-6-12(14)10(2)9-11/h5-6,9H,4,7-8,14H2,1-3H3,(H,15,17). The van der Waals surface area contributed by atoms with Crippen LogP contribution < -0.4 is 11.1 Å². The molecule has 0 saturated carbocycles. The number of carbonyl (C=O) groups is 1. The highest BCUT2D eigenvalue weighted by atomic mass is 16.1. The molecule has 0 radical (unpaired) electrons. The molecule has 0 aliphatic heterocycles. The van der Waals surface area contributed by atoms with E-state index in [1.165, 1.54) is 0 Å². The van der Waals surface area contributed by atoms with Crippen LogP contribution in [0.3, 0.4) is 0 Å². The van der Waals surface area contributed by atoms with Crippen molar-refractivity contribution >= 4 is 11.6 Å². The summed E-state index contributed by atoms with van der Waals surface area (Å²) in [6, 6.07) is 5.33. The van der Waals surface area contributed by atoms with Gasteiger partial charge in [0.2, 0.25) is 0 Å². The summed E-state index contributed by atoms with van der Waals surface area (Å²) in [5, 5.41) is 2.89. The molecule has 0 aliphatic carbocycles. The van der Waals surface area contributed by atoms with E-state index in [9.17, 15) is 4.79 Å². The predicted molar refractivity (Wildman–Crippen MR) is 71.1 cm³/mol. The predicted octanol–water partition coefficient (Wildman–Crippen LogP) is 1.26. The Labute approximate surface area is 103 Å². The van der Waals surface area contributed by atoms with Crippen LogP contribution in [0.4, 0.5) is 5.69 Å². The first-order chi connectivity index (χ1) is 8.04. The molecule has 1 aromatic rings. The van der Waals surface area contributed by atoms with E-state index in [4.69, 9.17) is 5.73 Å². The Morgan fingerprint density at radius 1 is 1.47 bits per heavy atom. The van der Waals surface area contributed by atoms with Crippen molar-refractivity contribution in [2.75, 3.05) is 32.4 Å². The topological polar surface area (TPSA) is 58.4 Å². The van der Waals surface area contributed by atoms with Gasteiger partial charge in [-0.3, -0.25) is 4.79 Å². The molecule has 1 amide bonds. The normalized spacial score (nSPS) is 10.6. The van der Waals surface area contributed by atoms with Gasteiger partial charge in [0.1, 0.15) is 0 Å². The van der Waals surface area contributed by atoms with E-state index in [0.29, 0.717) is 17.8 Å². The molecule has 1 rings (SSSR count). The summed E-state index contributed by atoms with van der Waals surface area (Å²) in [6.07, 6.45) is 0. The Kier molecular flexibility index (Phi) is 4.97. The van der Waals surface area contributed by atoms with Crippen molar-refractivity contribution in [3.8, 4) is 0 Å². The summed E-state index contributed by atoms with van der Waals surface area (Å²) in [6.45, 7) is 6.49. The first-order valence-electron chi connectivity index (χ1n) is 5.87. The highest BCUT2D eigenvalue weighted by Gasteiger charge is 2.06. The van der Waals surface area contributed by atoms with Crippen molar-refractivity contribution in [2.24, 2.45) is 0 Å². The molecule has 0 fully saturated rings. The molecule has 0 saturated heterocycles. The SMILES string of the molecule is CCN(C)CCNC(=O)c1ccc(N)c(C)c1. The fraction of sp³-hybridized carbons (Fsp3) is 0.462. The average Bonchev–Trinajstić information content (AvgIpc) is 2.32. The highest BCUT2D eigenvalue weighted by molar-refractivity contribution is 5.94. The smallest absolute Gasteiger partial charge is 0.251 e. The Morgan fingerprint density at radius 3 is 2.76 bits per heavy atom. The van der Waals surface area contributed by atoms with Gasteiger partial charge in [-0.1, -0.05) is 6.92 Å². The van der Waals surface area contributed by atoms with E-state index in [1.54, 1.807) is 12.1 Å². The quantitative estimate of drug-likeness (QED) is 0.755. The summed E-state index contributed by atoms with van der Waals surface area (Å²) in [5.41, 5.74) is 8.02. The minimum Gasteiger partial charge on any atom is -0.399 e. The third-order valence-corrected chi connectivity index (χ3v) is 2.85. The van der Waals surface area contributed by atoms with Crippen LogP contribution in [0.2, 0.25) is 0 Å². The van der Waals surface area contributed by atoms with Gasteiger partial charge >= 0.3 is 0 Å². The van der Waals surface area contributed by atoms with Crippen LogP contribution in [0.5, 0.6) is 0 Å². The lowest BCUT2D eigenvalue weighted by atomic mass is 10.1. The van der Waals surface area contributed by atoms with Gasteiger partial charge in [-0.05, 0) is 44.3 Å². The number of hydrogen-bond acceptors (Lipinski definition) is 3. The Morgan fingerprint density at radius 2 is 2.18 bits per heavy atom. The number of hydrogen-bond donors (Lipinski definition) is 2. The van der Waals surface area contributed by atoms with Crippen molar-refractivity contribution in [1.29, 1.82) is 0 Å². The average molecular weight is 235 g/mol. The van der Waals surface area contributed by atoms with Crippen molar-refractivity contribution in [1.82, 2.24) is 10.2 Å². The molecule has 0 atom stereocenters. The minimum atomic E-state index is -0.0439. The molecular formula is C13H21N3O. The Hall–Kier alpha value is -1.55. The van der Waals surface area contributed by atoms with Crippen LogP contribution in [0.25, 0.3) is 0 Å². The van der Waals surface area contributed by atoms with Crippen molar-refractivity contribution in [3.63, 3.8) is 0 Å². The summed E-state index contributed by atoms with van der Waals surface area (Å²) in [5.74, 6) is -0.0439. The number of benzene rings is 1. The zero-order chi connectivity index (χ0) is 12.8. The number of aryl methyl sites for hydroxylation is 1. The molecule has 4 nitrogen and oxygen atoms in total. The zero-order valence-electron chi connectivity index (χ0n) is 10.8. The molecular weight excluding hydrogens is 214 g/mol. The molecule has 0 unspecified atom stereocenters. The molecule has 0 spiro atoms. The van der Waals surface area contributed by atoms with Crippen molar-refractivity contribution in [3.05, 3.63) is 29.3 Å². The molecule has 3 N–H and O–H groups in total. The number of carbonyl (C=O) groups excluding carboxylic acids is 1.